The molecule has 0 aliphatic rings. The molecule has 0 spiro atoms. The van der Waals surface area contributed by atoms with Crippen LogP contribution in [0.5, 0.6) is 0 Å². The highest BCUT2D eigenvalue weighted by Gasteiger charge is 2.31. The van der Waals surface area contributed by atoms with E-state index in [1.807, 2.05) is 13.8 Å². The summed E-state index contributed by atoms with van der Waals surface area (Å²) in [6.45, 7) is 7.45. The number of ketones is 1. The molecule has 18 heavy (non-hydrogen) atoms. The molecule has 0 atom stereocenters. The van der Waals surface area contributed by atoms with E-state index in [0.717, 1.165) is 0 Å². The minimum atomic E-state index is -1.13. The van der Waals surface area contributed by atoms with Crippen LogP contribution in [0.15, 0.2) is 0 Å². The van der Waals surface area contributed by atoms with Crippen LogP contribution in [0.25, 0.3) is 0 Å². The summed E-state index contributed by atoms with van der Waals surface area (Å²) in [5, 5.41) is 0. The number of esters is 2. The molecule has 0 aromatic carbocycles. The van der Waals surface area contributed by atoms with Crippen molar-refractivity contribution in [3.05, 3.63) is 0 Å². The molecule has 0 amide bonds. The van der Waals surface area contributed by atoms with Gasteiger partial charge in [0.15, 0.2) is 5.92 Å². The lowest BCUT2D eigenvalue weighted by atomic mass is 9.97. The molecule has 0 aliphatic carbocycles. The molecule has 0 N–H and O–H groups in total. The summed E-state index contributed by atoms with van der Waals surface area (Å²) in [6.07, 6.45) is 0.200. The molecule has 0 aromatic heterocycles. The molecule has 0 saturated carbocycles. The molecule has 0 heterocycles. The summed E-state index contributed by atoms with van der Waals surface area (Å²) in [6, 6.07) is 0. The Balaban J connectivity index is 4.61. The summed E-state index contributed by atoms with van der Waals surface area (Å²) in [5.41, 5.74) is 0. The minimum Gasteiger partial charge on any atom is -0.465 e. The van der Waals surface area contributed by atoms with Gasteiger partial charge in [-0.3, -0.25) is 14.4 Å². The Morgan fingerprint density at radius 2 is 1.33 bits per heavy atom. The van der Waals surface area contributed by atoms with E-state index in [9.17, 15) is 14.4 Å². The molecule has 0 saturated heterocycles. The third-order valence-electron chi connectivity index (χ3n) is 2.21. The van der Waals surface area contributed by atoms with E-state index in [-0.39, 0.29) is 31.3 Å². The van der Waals surface area contributed by atoms with Crippen LogP contribution in [-0.2, 0) is 23.9 Å². The first kappa shape index (κ1) is 16.6. The molecule has 0 fully saturated rings. The summed E-state index contributed by atoms with van der Waals surface area (Å²) >= 11 is 0. The van der Waals surface area contributed by atoms with E-state index < -0.39 is 17.9 Å². The molecule has 5 heteroatoms. The maximum absolute atomic E-state index is 11.7. The molecule has 0 aromatic rings. The van der Waals surface area contributed by atoms with Gasteiger partial charge < -0.3 is 9.47 Å². The zero-order valence-electron chi connectivity index (χ0n) is 11.5. The predicted octanol–water partition coefficient (Wildman–Crippen LogP) is 1.73. The smallest absolute Gasteiger partial charge is 0.320 e. The SMILES string of the molecule is CCOC(=O)C(CC(=O)CC(C)C)C(=O)OCC. The van der Waals surface area contributed by atoms with Crippen molar-refractivity contribution < 1.29 is 23.9 Å². The summed E-state index contributed by atoms with van der Waals surface area (Å²) in [7, 11) is 0. The number of Topliss-reactive ketones (excluding diaryl/α,β-unsaturated/α-hetero) is 1. The largest absolute Gasteiger partial charge is 0.465 e. The van der Waals surface area contributed by atoms with Crippen molar-refractivity contribution >= 4 is 17.7 Å². The number of carbonyl (C=O) groups excluding carboxylic acids is 3. The second-order valence-corrected chi connectivity index (χ2v) is 4.40. The van der Waals surface area contributed by atoms with Gasteiger partial charge in [0.05, 0.1) is 13.2 Å². The molecular weight excluding hydrogens is 236 g/mol. The van der Waals surface area contributed by atoms with Crippen LogP contribution in [-0.4, -0.2) is 30.9 Å². The average Bonchev–Trinajstić information content (AvgIpc) is 2.25. The van der Waals surface area contributed by atoms with Crippen molar-refractivity contribution in [1.82, 2.24) is 0 Å². The summed E-state index contributed by atoms with van der Waals surface area (Å²) in [4.78, 5) is 34.9. The normalized spacial score (nSPS) is 10.6. The Hall–Kier alpha value is -1.39. The van der Waals surface area contributed by atoms with Gasteiger partial charge in [0.25, 0.3) is 0 Å². The van der Waals surface area contributed by atoms with Crippen molar-refractivity contribution in [2.45, 2.75) is 40.5 Å². The Morgan fingerprint density at radius 1 is 0.889 bits per heavy atom. The van der Waals surface area contributed by atoms with Crippen molar-refractivity contribution in [3.63, 3.8) is 0 Å². The fraction of sp³-hybridized carbons (Fsp3) is 0.769. The van der Waals surface area contributed by atoms with Gasteiger partial charge >= 0.3 is 11.9 Å². The highest BCUT2D eigenvalue weighted by atomic mass is 16.6. The predicted molar refractivity (Wildman–Crippen MR) is 65.8 cm³/mol. The van der Waals surface area contributed by atoms with Crippen LogP contribution in [0.3, 0.4) is 0 Å². The molecule has 0 aliphatic heterocycles. The van der Waals surface area contributed by atoms with Crippen molar-refractivity contribution in [1.29, 1.82) is 0 Å². The van der Waals surface area contributed by atoms with Gasteiger partial charge in [0.2, 0.25) is 0 Å². The standard InChI is InChI=1S/C13H22O5/c1-5-17-12(15)11(13(16)18-6-2)8-10(14)7-9(3)4/h9,11H,5-8H2,1-4H3. The fourth-order valence-corrected chi connectivity index (χ4v) is 1.51. The van der Waals surface area contributed by atoms with E-state index >= 15 is 0 Å². The van der Waals surface area contributed by atoms with Crippen LogP contribution in [0.2, 0.25) is 0 Å². The van der Waals surface area contributed by atoms with Crippen molar-refractivity contribution in [3.8, 4) is 0 Å². The van der Waals surface area contributed by atoms with E-state index in [2.05, 4.69) is 0 Å². The zero-order chi connectivity index (χ0) is 14.1. The monoisotopic (exact) mass is 258 g/mol. The van der Waals surface area contributed by atoms with E-state index in [1.54, 1.807) is 13.8 Å². The first-order chi connectivity index (χ1) is 8.42. The van der Waals surface area contributed by atoms with Crippen LogP contribution in [0.1, 0.15) is 40.5 Å². The topological polar surface area (TPSA) is 69.7 Å². The van der Waals surface area contributed by atoms with Crippen LogP contribution < -0.4 is 0 Å². The third kappa shape index (κ3) is 6.37. The number of hydrogen-bond acceptors (Lipinski definition) is 5. The van der Waals surface area contributed by atoms with E-state index in [1.165, 1.54) is 0 Å². The van der Waals surface area contributed by atoms with Gasteiger partial charge in [0.1, 0.15) is 5.78 Å². The Bertz CT molecular complexity index is 278. The first-order valence-corrected chi connectivity index (χ1v) is 6.27. The number of carbonyl (C=O) groups is 3. The summed E-state index contributed by atoms with van der Waals surface area (Å²) < 4.78 is 9.57. The minimum absolute atomic E-state index is 0.129. The van der Waals surface area contributed by atoms with Crippen molar-refractivity contribution in [2.24, 2.45) is 11.8 Å². The van der Waals surface area contributed by atoms with Gasteiger partial charge in [-0.05, 0) is 19.8 Å². The number of rotatable bonds is 8. The molecule has 0 unspecified atom stereocenters. The van der Waals surface area contributed by atoms with Gasteiger partial charge in [-0.15, -0.1) is 0 Å². The lowest BCUT2D eigenvalue weighted by molar-refractivity contribution is -0.163. The average molecular weight is 258 g/mol. The van der Waals surface area contributed by atoms with E-state index in [4.69, 9.17) is 9.47 Å². The highest BCUT2D eigenvalue weighted by molar-refractivity contribution is 5.99. The van der Waals surface area contributed by atoms with Crippen LogP contribution in [0.4, 0.5) is 0 Å². The molecule has 5 nitrogen and oxygen atoms in total. The highest BCUT2D eigenvalue weighted by Crippen LogP contribution is 2.13. The fourth-order valence-electron chi connectivity index (χ4n) is 1.51. The van der Waals surface area contributed by atoms with Gasteiger partial charge in [0, 0.05) is 12.8 Å². The molecule has 104 valence electrons. The Morgan fingerprint density at radius 3 is 1.67 bits per heavy atom. The first-order valence-electron chi connectivity index (χ1n) is 6.27. The number of hydrogen-bond donors (Lipinski definition) is 0. The maximum atomic E-state index is 11.7. The van der Waals surface area contributed by atoms with Gasteiger partial charge in [-0.2, -0.15) is 0 Å². The molecule has 0 radical (unpaired) electrons. The van der Waals surface area contributed by atoms with Gasteiger partial charge in [-0.1, -0.05) is 13.8 Å². The Labute approximate surface area is 108 Å². The van der Waals surface area contributed by atoms with Gasteiger partial charge in [-0.25, -0.2) is 0 Å². The van der Waals surface area contributed by atoms with Crippen molar-refractivity contribution in [2.75, 3.05) is 13.2 Å². The van der Waals surface area contributed by atoms with Crippen LogP contribution in [0, 0.1) is 11.8 Å². The molecule has 0 bridgehead atoms. The summed E-state index contributed by atoms with van der Waals surface area (Å²) in [5.74, 6) is -2.43. The second kappa shape index (κ2) is 8.66. The maximum Gasteiger partial charge on any atom is 0.320 e. The number of ether oxygens (including phenoxy) is 2. The molecule has 0 rings (SSSR count). The second-order valence-electron chi connectivity index (χ2n) is 4.40. The quantitative estimate of drug-likeness (QED) is 0.490. The van der Waals surface area contributed by atoms with Crippen LogP contribution >= 0.6 is 0 Å². The lowest BCUT2D eigenvalue weighted by Crippen LogP contribution is -2.30. The third-order valence-corrected chi connectivity index (χ3v) is 2.21. The lowest BCUT2D eigenvalue weighted by Gasteiger charge is -2.14. The molecular formula is C13H22O5. The Kier molecular flexibility index (Phi) is 8.00. The van der Waals surface area contributed by atoms with E-state index in [0.29, 0.717) is 6.42 Å². The zero-order valence-corrected chi connectivity index (χ0v) is 11.5.